The van der Waals surface area contributed by atoms with E-state index in [0.29, 0.717) is 19.4 Å². The van der Waals surface area contributed by atoms with Gasteiger partial charge < -0.3 is 24.3 Å². The molecule has 3 unspecified atom stereocenters. The van der Waals surface area contributed by atoms with E-state index < -0.39 is 53.1 Å². The van der Waals surface area contributed by atoms with Crippen molar-refractivity contribution in [1.82, 2.24) is 14.9 Å². The van der Waals surface area contributed by atoms with Crippen molar-refractivity contribution >= 4 is 34.5 Å². The third-order valence-corrected chi connectivity index (χ3v) is 7.06. The van der Waals surface area contributed by atoms with Gasteiger partial charge in [0.05, 0.1) is 17.6 Å². The van der Waals surface area contributed by atoms with Crippen LogP contribution < -0.4 is 9.64 Å². The summed E-state index contributed by atoms with van der Waals surface area (Å²) in [7, 11) is 0. The fraction of sp³-hybridized carbons (Fsp3) is 0.450. The minimum absolute atomic E-state index is 0.110. The minimum atomic E-state index is -5.42. The van der Waals surface area contributed by atoms with Gasteiger partial charge in [-0.3, -0.25) is 4.90 Å². The van der Waals surface area contributed by atoms with Gasteiger partial charge in [0.15, 0.2) is 22.5 Å². The summed E-state index contributed by atoms with van der Waals surface area (Å²) in [4.78, 5) is 22.2. The third kappa shape index (κ3) is 3.87. The number of aromatic nitrogens is 2. The topological polar surface area (TPSA) is 112 Å². The highest BCUT2D eigenvalue weighted by atomic mass is 32.1. The number of ether oxygens (including phenoxy) is 1. The van der Waals surface area contributed by atoms with E-state index >= 15 is 0 Å². The Balaban J connectivity index is 1.71. The van der Waals surface area contributed by atoms with Crippen LogP contribution in [0.1, 0.15) is 18.9 Å². The molecule has 194 valence electrons. The van der Waals surface area contributed by atoms with Gasteiger partial charge in [-0.25, -0.2) is 9.78 Å². The van der Waals surface area contributed by atoms with E-state index in [9.17, 15) is 41.4 Å². The summed E-state index contributed by atoms with van der Waals surface area (Å²) in [5, 5.41) is 21.2. The lowest BCUT2D eigenvalue weighted by Crippen LogP contribution is -2.70. The van der Waals surface area contributed by atoms with Crippen molar-refractivity contribution in [3.8, 4) is 16.3 Å². The average Bonchev–Trinajstić information content (AvgIpc) is 3.42. The number of halogens is 6. The van der Waals surface area contributed by atoms with Crippen LogP contribution in [-0.4, -0.2) is 68.9 Å². The van der Waals surface area contributed by atoms with Gasteiger partial charge in [-0.05, 0) is 19.4 Å². The number of piperazine rings is 1. The molecular weight excluding hydrogens is 522 g/mol. The zero-order chi connectivity index (χ0) is 26.2. The summed E-state index contributed by atoms with van der Waals surface area (Å²) in [5.41, 5.74) is -6.11. The molecule has 0 aliphatic carbocycles. The van der Waals surface area contributed by atoms with E-state index in [1.165, 1.54) is 21.4 Å². The molecule has 2 bridgehead atoms. The summed E-state index contributed by atoms with van der Waals surface area (Å²) in [5.74, 6) is -1.36. The Morgan fingerprint density at radius 3 is 2.42 bits per heavy atom. The first kappa shape index (κ1) is 24.4. The smallest absolute Gasteiger partial charge is 0.465 e. The van der Waals surface area contributed by atoms with Crippen molar-refractivity contribution in [3.05, 3.63) is 23.2 Å². The molecule has 3 atom stereocenters. The van der Waals surface area contributed by atoms with E-state index in [4.69, 9.17) is 4.42 Å². The second-order valence-electron chi connectivity index (χ2n) is 8.57. The van der Waals surface area contributed by atoms with Gasteiger partial charge in [0.25, 0.3) is 6.01 Å². The van der Waals surface area contributed by atoms with Gasteiger partial charge in [-0.1, -0.05) is 0 Å². The van der Waals surface area contributed by atoms with E-state index in [0.717, 1.165) is 11.3 Å². The number of rotatable bonds is 4. The first-order valence-electron chi connectivity index (χ1n) is 10.4. The summed E-state index contributed by atoms with van der Waals surface area (Å²) < 4.78 is 90.9. The Bertz CT molecular complexity index is 1310. The normalized spacial score (nSPS) is 21.9. The second-order valence-corrected chi connectivity index (χ2v) is 9.46. The van der Waals surface area contributed by atoms with Crippen LogP contribution in [0, 0.1) is 0 Å². The largest absolute Gasteiger partial charge is 0.573 e. The van der Waals surface area contributed by atoms with Crippen molar-refractivity contribution in [1.29, 1.82) is 0 Å². The summed E-state index contributed by atoms with van der Waals surface area (Å²) >= 11 is 0.982. The predicted molar refractivity (Wildman–Crippen MR) is 112 cm³/mol. The monoisotopic (exact) mass is 538 g/mol. The maximum atomic E-state index is 13.7. The van der Waals surface area contributed by atoms with Crippen molar-refractivity contribution in [2.75, 3.05) is 18.0 Å². The standard InChI is InChI=1S/C20H16F6N4O5S/c1-18(33,19(21,22)23)11-5-10(15-27-2-3-36-15)13-12(14(11)35-20(24,25)26)28-16(34-13)29-6-8-4-9(7-29)30(8)17(31)32/h2-3,5,8-9,33H,4,6-7H2,1H3,(H,31,32). The highest BCUT2D eigenvalue weighted by molar-refractivity contribution is 7.13. The number of oxazole rings is 1. The zero-order valence-corrected chi connectivity index (χ0v) is 18.9. The first-order chi connectivity index (χ1) is 16.7. The van der Waals surface area contributed by atoms with Gasteiger partial charge in [-0.2, -0.15) is 18.2 Å². The lowest BCUT2D eigenvalue weighted by atomic mass is 9.88. The van der Waals surface area contributed by atoms with E-state index in [-0.39, 0.29) is 35.3 Å². The molecule has 1 amide bonds. The number of carboxylic acid groups (broad SMARTS) is 1. The quantitative estimate of drug-likeness (QED) is 0.465. The van der Waals surface area contributed by atoms with Crippen molar-refractivity contribution in [2.24, 2.45) is 0 Å². The zero-order valence-electron chi connectivity index (χ0n) is 18.1. The molecule has 9 nitrogen and oxygen atoms in total. The molecule has 3 fully saturated rings. The fourth-order valence-corrected chi connectivity index (χ4v) is 5.16. The lowest BCUT2D eigenvalue weighted by molar-refractivity contribution is -0.280. The van der Waals surface area contributed by atoms with Crippen LogP contribution in [0.2, 0.25) is 0 Å². The van der Waals surface area contributed by atoms with Crippen LogP contribution >= 0.6 is 11.3 Å². The Kier molecular flexibility index (Phi) is 5.34. The van der Waals surface area contributed by atoms with Crippen molar-refractivity contribution < 1.29 is 50.5 Å². The van der Waals surface area contributed by atoms with E-state index in [1.54, 1.807) is 0 Å². The van der Waals surface area contributed by atoms with Crippen LogP contribution in [0.5, 0.6) is 5.75 Å². The number of amides is 1. The molecule has 0 saturated carbocycles. The molecule has 3 saturated heterocycles. The summed E-state index contributed by atoms with van der Waals surface area (Å²) in [6, 6.07) is -0.326. The Hall–Kier alpha value is -3.27. The number of alkyl halides is 6. The molecule has 0 radical (unpaired) electrons. The van der Waals surface area contributed by atoms with Gasteiger partial charge in [-0.15, -0.1) is 24.5 Å². The molecule has 5 heterocycles. The first-order valence-corrected chi connectivity index (χ1v) is 11.2. The number of fused-ring (bicyclic) bond motifs is 3. The molecular formula is C20H16F6N4O5S. The van der Waals surface area contributed by atoms with E-state index in [2.05, 4.69) is 14.7 Å². The van der Waals surface area contributed by atoms with Gasteiger partial charge in [0.2, 0.25) is 0 Å². The Morgan fingerprint density at radius 2 is 1.89 bits per heavy atom. The lowest BCUT2D eigenvalue weighted by Gasteiger charge is -2.54. The number of anilines is 1. The molecule has 2 N–H and O–H groups in total. The molecule has 36 heavy (non-hydrogen) atoms. The maximum absolute atomic E-state index is 13.7. The van der Waals surface area contributed by atoms with E-state index in [1.807, 2.05) is 0 Å². The van der Waals surface area contributed by atoms with Crippen LogP contribution in [-0.2, 0) is 5.60 Å². The Labute approximate surface area is 201 Å². The number of hydrogen-bond donors (Lipinski definition) is 2. The van der Waals surface area contributed by atoms with Crippen LogP contribution in [0.3, 0.4) is 0 Å². The number of thiazole rings is 1. The Morgan fingerprint density at radius 1 is 1.22 bits per heavy atom. The molecule has 1 aromatic carbocycles. The van der Waals surface area contributed by atoms with Crippen molar-refractivity contribution in [2.45, 2.75) is 43.6 Å². The molecule has 6 rings (SSSR count). The third-order valence-electron chi connectivity index (χ3n) is 6.25. The van der Waals surface area contributed by atoms with Crippen molar-refractivity contribution in [3.63, 3.8) is 0 Å². The minimum Gasteiger partial charge on any atom is -0.465 e. The summed E-state index contributed by atoms with van der Waals surface area (Å²) in [6.07, 6.45) is -9.98. The molecule has 16 heteroatoms. The summed E-state index contributed by atoms with van der Waals surface area (Å²) in [6.45, 7) is 0.540. The number of carbonyl (C=O) groups is 1. The molecule has 2 aromatic heterocycles. The molecule has 0 spiro atoms. The number of nitrogens with zero attached hydrogens (tertiary/aromatic N) is 4. The van der Waals surface area contributed by atoms with Gasteiger partial charge >= 0.3 is 18.6 Å². The fourth-order valence-electron chi connectivity index (χ4n) is 4.51. The highest BCUT2D eigenvalue weighted by Gasteiger charge is 2.54. The van der Waals surface area contributed by atoms with Gasteiger partial charge in [0, 0.05) is 30.2 Å². The molecule has 3 aliphatic rings. The van der Waals surface area contributed by atoms with Crippen LogP contribution in [0.4, 0.5) is 37.2 Å². The van der Waals surface area contributed by atoms with Crippen LogP contribution in [0.15, 0.2) is 22.1 Å². The number of piperidine rings is 1. The number of aliphatic hydroxyl groups is 1. The molecule has 3 aliphatic heterocycles. The number of benzene rings is 1. The second kappa shape index (κ2) is 7.86. The molecule has 3 aromatic rings. The SMILES string of the molecule is CC(O)(c1cc(-c2nccs2)c2oc(N3CC4CC(C3)N4C(=O)O)nc2c1OC(F)(F)F)C(F)(F)F. The van der Waals surface area contributed by atoms with Gasteiger partial charge in [0.1, 0.15) is 5.01 Å². The predicted octanol–water partition coefficient (Wildman–Crippen LogP) is 4.56. The van der Waals surface area contributed by atoms with Crippen LogP contribution in [0.25, 0.3) is 21.7 Å². The average molecular weight is 538 g/mol. The highest BCUT2D eigenvalue weighted by Crippen LogP contribution is 2.50. The maximum Gasteiger partial charge on any atom is 0.573 e. The number of hydrogen-bond acceptors (Lipinski definition) is 8.